The molecule has 0 fully saturated rings. The van der Waals surface area contributed by atoms with Crippen molar-refractivity contribution < 1.29 is 16.8 Å². The Kier molecular flexibility index (Phi) is 4.96. The molecule has 7 heteroatoms. The second-order valence-corrected chi connectivity index (χ2v) is 15.1. The van der Waals surface area contributed by atoms with Gasteiger partial charge in [-0.2, -0.15) is 0 Å². The average Bonchev–Trinajstić information content (AvgIpc) is 3.35. The van der Waals surface area contributed by atoms with Gasteiger partial charge in [0.05, 0.1) is 36.4 Å². The van der Waals surface area contributed by atoms with Crippen LogP contribution in [-0.4, -0.2) is 16.8 Å². The van der Waals surface area contributed by atoms with E-state index in [4.69, 9.17) is 0 Å². The minimum absolute atomic E-state index is 0.186. The van der Waals surface area contributed by atoms with Crippen LogP contribution in [0.3, 0.4) is 0 Å². The highest BCUT2D eigenvalue weighted by Crippen LogP contribution is 2.63. The largest absolute Gasteiger partial charge is 0.310 e. The molecular weight excluding hydrogens is 587 g/mol. The first-order valence-corrected chi connectivity index (χ1v) is 17.2. The second-order valence-electron chi connectivity index (χ2n) is 11.3. The number of anilines is 3. The molecule has 0 N–H and O–H groups in total. The smallest absolute Gasteiger partial charge is 0.209 e. The molecule has 1 aliphatic carbocycles. The molecule has 212 valence electrons. The van der Waals surface area contributed by atoms with Crippen LogP contribution in [0.5, 0.6) is 0 Å². The molecule has 44 heavy (non-hydrogen) atoms. The number of sulfone groups is 2. The average molecular weight is 610 g/mol. The summed E-state index contributed by atoms with van der Waals surface area (Å²) in [5.41, 5.74) is 8.64. The third kappa shape index (κ3) is 2.98. The lowest BCUT2D eigenvalue weighted by Gasteiger charge is -2.45. The van der Waals surface area contributed by atoms with Gasteiger partial charge in [-0.15, -0.1) is 0 Å². The van der Waals surface area contributed by atoms with Crippen molar-refractivity contribution >= 4 is 36.7 Å². The normalized spacial score (nSPS) is 17.0. The number of rotatable bonds is 1. The monoisotopic (exact) mass is 609 g/mol. The zero-order valence-electron chi connectivity index (χ0n) is 23.2. The summed E-state index contributed by atoms with van der Waals surface area (Å²) in [5, 5.41) is 0. The van der Waals surface area contributed by atoms with Gasteiger partial charge in [0.2, 0.25) is 19.7 Å². The molecular formula is C37H23NO4S2. The second kappa shape index (κ2) is 8.56. The van der Waals surface area contributed by atoms with E-state index in [9.17, 15) is 16.8 Å². The Morgan fingerprint density at radius 2 is 0.818 bits per heavy atom. The SMILES string of the molecule is O=S1(=O)c2ccccc2S(=O)(=O)c2cc(N3c4ccccc4C4(c5ccccc5-c5ccccc54)c4ccccc43)ccc21. The zero-order chi connectivity index (χ0) is 29.8. The minimum Gasteiger partial charge on any atom is -0.310 e. The van der Waals surface area contributed by atoms with Crippen molar-refractivity contribution in [2.24, 2.45) is 0 Å². The minimum atomic E-state index is -4.10. The molecule has 2 heterocycles. The Bertz CT molecular complexity index is 2350. The van der Waals surface area contributed by atoms with E-state index in [0.717, 1.165) is 22.5 Å². The molecule has 0 aromatic heterocycles. The molecule has 0 saturated heterocycles. The van der Waals surface area contributed by atoms with Crippen LogP contribution >= 0.6 is 0 Å². The van der Waals surface area contributed by atoms with Gasteiger partial charge in [0, 0.05) is 5.69 Å². The van der Waals surface area contributed by atoms with Crippen LogP contribution in [-0.2, 0) is 25.1 Å². The molecule has 6 aromatic rings. The topological polar surface area (TPSA) is 71.5 Å². The number of nitrogens with zero attached hydrogens (tertiary/aromatic N) is 1. The predicted molar refractivity (Wildman–Crippen MR) is 169 cm³/mol. The van der Waals surface area contributed by atoms with Crippen LogP contribution in [0.25, 0.3) is 11.1 Å². The highest BCUT2D eigenvalue weighted by atomic mass is 32.2. The van der Waals surface area contributed by atoms with Gasteiger partial charge in [0.15, 0.2) is 0 Å². The first-order chi connectivity index (χ1) is 21.4. The van der Waals surface area contributed by atoms with Gasteiger partial charge in [-0.1, -0.05) is 97.1 Å². The summed E-state index contributed by atoms with van der Waals surface area (Å²) < 4.78 is 55.0. The summed E-state index contributed by atoms with van der Waals surface area (Å²) in [4.78, 5) is 1.27. The van der Waals surface area contributed by atoms with Crippen LogP contribution in [0.4, 0.5) is 17.1 Å². The molecule has 0 bridgehead atoms. The fourth-order valence-electron chi connectivity index (χ4n) is 7.54. The van der Waals surface area contributed by atoms with Crippen molar-refractivity contribution in [1.82, 2.24) is 0 Å². The molecule has 0 unspecified atom stereocenters. The van der Waals surface area contributed by atoms with E-state index in [0.29, 0.717) is 5.69 Å². The lowest BCUT2D eigenvalue weighted by atomic mass is 9.64. The third-order valence-electron chi connectivity index (χ3n) is 9.24. The number of hydrogen-bond acceptors (Lipinski definition) is 5. The van der Waals surface area contributed by atoms with E-state index >= 15 is 0 Å². The molecule has 2 aliphatic heterocycles. The Morgan fingerprint density at radius 3 is 1.36 bits per heavy atom. The van der Waals surface area contributed by atoms with Crippen LogP contribution in [0.15, 0.2) is 159 Å². The first kappa shape index (κ1) is 25.5. The molecule has 0 radical (unpaired) electrons. The Balaban J connectivity index is 1.35. The van der Waals surface area contributed by atoms with E-state index in [-0.39, 0.29) is 19.6 Å². The number of benzene rings is 6. The fourth-order valence-corrected chi connectivity index (χ4v) is 11.7. The molecule has 3 aliphatic rings. The summed E-state index contributed by atoms with van der Waals surface area (Å²) in [6.45, 7) is 0. The van der Waals surface area contributed by atoms with Crippen molar-refractivity contribution in [1.29, 1.82) is 0 Å². The molecule has 6 aromatic carbocycles. The van der Waals surface area contributed by atoms with Gasteiger partial charge < -0.3 is 4.90 Å². The summed E-state index contributed by atoms with van der Waals surface area (Å²) in [5.74, 6) is 0. The highest BCUT2D eigenvalue weighted by Gasteiger charge is 2.51. The summed E-state index contributed by atoms with van der Waals surface area (Å²) in [7, 11) is -8.12. The van der Waals surface area contributed by atoms with Crippen molar-refractivity contribution in [2.75, 3.05) is 4.90 Å². The standard InChI is InChI=1S/C37H23NO4S2/c39-43(40)33-19-9-10-20-34(33)44(41,42)36-23-24(21-22-35(36)43)38-31-17-7-5-15-29(31)37(30-16-6-8-18-32(30)38)27-13-3-1-11-25(27)26-12-2-4-14-28(26)37/h1-23H. The predicted octanol–water partition coefficient (Wildman–Crippen LogP) is 7.81. The van der Waals surface area contributed by atoms with Crippen molar-refractivity contribution in [3.63, 3.8) is 0 Å². The van der Waals surface area contributed by atoms with Crippen molar-refractivity contribution in [3.05, 3.63) is 162 Å². The number of hydrogen-bond donors (Lipinski definition) is 0. The maximum absolute atomic E-state index is 13.9. The zero-order valence-corrected chi connectivity index (χ0v) is 24.8. The lowest BCUT2D eigenvalue weighted by Crippen LogP contribution is -2.36. The van der Waals surface area contributed by atoms with Crippen LogP contribution in [0.1, 0.15) is 22.3 Å². The molecule has 9 rings (SSSR count). The molecule has 0 atom stereocenters. The van der Waals surface area contributed by atoms with E-state index in [1.165, 1.54) is 46.5 Å². The Labute approximate surface area is 255 Å². The Morgan fingerprint density at radius 1 is 0.409 bits per heavy atom. The van der Waals surface area contributed by atoms with Gasteiger partial charge in [-0.05, 0) is 75.8 Å². The van der Waals surface area contributed by atoms with E-state index < -0.39 is 25.1 Å². The molecule has 1 spiro atoms. The van der Waals surface area contributed by atoms with E-state index in [2.05, 4.69) is 77.7 Å². The first-order valence-electron chi connectivity index (χ1n) is 14.3. The molecule has 0 saturated carbocycles. The van der Waals surface area contributed by atoms with Crippen molar-refractivity contribution in [3.8, 4) is 11.1 Å². The fraction of sp³-hybridized carbons (Fsp3) is 0.0270. The maximum atomic E-state index is 13.9. The van der Waals surface area contributed by atoms with Crippen LogP contribution < -0.4 is 4.90 Å². The van der Waals surface area contributed by atoms with Gasteiger partial charge >= 0.3 is 0 Å². The van der Waals surface area contributed by atoms with Crippen molar-refractivity contribution in [2.45, 2.75) is 25.0 Å². The molecule has 0 amide bonds. The summed E-state index contributed by atoms with van der Waals surface area (Å²) in [6, 6.07) is 44.0. The summed E-state index contributed by atoms with van der Waals surface area (Å²) in [6.07, 6.45) is 0. The molecule has 5 nitrogen and oxygen atoms in total. The quantitative estimate of drug-likeness (QED) is 0.190. The van der Waals surface area contributed by atoms with Gasteiger partial charge in [-0.3, -0.25) is 0 Å². The number of para-hydroxylation sites is 2. The van der Waals surface area contributed by atoms with Gasteiger partial charge in [0.25, 0.3) is 0 Å². The van der Waals surface area contributed by atoms with Crippen LogP contribution in [0, 0.1) is 0 Å². The Hall–Kier alpha value is -4.98. The lowest BCUT2D eigenvalue weighted by molar-refractivity contribution is 0.570. The van der Waals surface area contributed by atoms with Crippen LogP contribution in [0.2, 0.25) is 0 Å². The number of fused-ring (bicyclic) bond motifs is 11. The maximum Gasteiger partial charge on any atom is 0.209 e. The highest BCUT2D eigenvalue weighted by molar-refractivity contribution is 7.97. The van der Waals surface area contributed by atoms with E-state index in [1.807, 2.05) is 24.3 Å². The van der Waals surface area contributed by atoms with E-state index in [1.54, 1.807) is 18.2 Å². The van der Waals surface area contributed by atoms with Gasteiger partial charge in [0.1, 0.15) is 0 Å². The van der Waals surface area contributed by atoms with Gasteiger partial charge in [-0.25, -0.2) is 16.8 Å². The third-order valence-corrected chi connectivity index (χ3v) is 13.2. The summed E-state index contributed by atoms with van der Waals surface area (Å²) >= 11 is 0.